The van der Waals surface area contributed by atoms with Crippen LogP contribution < -0.4 is 0 Å². The lowest BCUT2D eigenvalue weighted by Gasteiger charge is -2.38. The van der Waals surface area contributed by atoms with E-state index in [0.29, 0.717) is 6.54 Å². The maximum absolute atomic E-state index is 12.1. The Bertz CT molecular complexity index is 321. The Hall–Kier alpha value is -1.26. The molecule has 1 aliphatic heterocycles. The number of nitrogens with zero attached hydrogens (tertiary/aromatic N) is 1. The number of hydrogen-bond donors (Lipinski definition) is 0. The Labute approximate surface area is 108 Å². The molecule has 2 unspecified atom stereocenters. The minimum absolute atomic E-state index is 0.0960. The van der Waals surface area contributed by atoms with Crippen molar-refractivity contribution in [3.05, 3.63) is 0 Å². The van der Waals surface area contributed by atoms with Crippen molar-refractivity contribution in [1.29, 1.82) is 0 Å². The highest BCUT2D eigenvalue weighted by atomic mass is 16.6. The molecular weight excluding hydrogens is 234 g/mol. The standard InChI is InChI=1S/C13H23NO4/c1-9-7-6-8-14(10(9)11(15)17-5)12(16)18-13(2,3)4/h9-10H,6-8H2,1-5H3. The Morgan fingerprint density at radius 3 is 2.39 bits per heavy atom. The van der Waals surface area contributed by atoms with Gasteiger partial charge in [-0.25, -0.2) is 9.59 Å². The number of likely N-dealkylation sites (tertiary alicyclic amines) is 1. The first-order valence-electron chi connectivity index (χ1n) is 6.33. The summed E-state index contributed by atoms with van der Waals surface area (Å²) in [5, 5.41) is 0. The number of rotatable bonds is 1. The molecule has 1 amide bonds. The van der Waals surface area contributed by atoms with Crippen molar-refractivity contribution in [2.24, 2.45) is 5.92 Å². The summed E-state index contributed by atoms with van der Waals surface area (Å²) < 4.78 is 10.1. The van der Waals surface area contributed by atoms with Gasteiger partial charge in [-0.3, -0.25) is 4.90 Å². The van der Waals surface area contributed by atoms with Gasteiger partial charge in [-0.15, -0.1) is 0 Å². The highest BCUT2D eigenvalue weighted by molar-refractivity contribution is 5.82. The number of ether oxygens (including phenoxy) is 2. The number of esters is 1. The molecule has 0 radical (unpaired) electrons. The number of carbonyl (C=O) groups is 2. The first-order chi connectivity index (χ1) is 8.26. The van der Waals surface area contributed by atoms with Gasteiger partial charge in [0.15, 0.2) is 0 Å². The van der Waals surface area contributed by atoms with Crippen LogP contribution in [0.1, 0.15) is 40.5 Å². The zero-order valence-electron chi connectivity index (χ0n) is 11.9. The first-order valence-corrected chi connectivity index (χ1v) is 6.33. The second kappa shape index (κ2) is 5.59. The summed E-state index contributed by atoms with van der Waals surface area (Å²) in [7, 11) is 1.34. The van der Waals surface area contributed by atoms with Crippen LogP contribution in [0, 0.1) is 5.92 Å². The van der Waals surface area contributed by atoms with Gasteiger partial charge in [0.2, 0.25) is 0 Å². The average molecular weight is 257 g/mol. The van der Waals surface area contributed by atoms with Gasteiger partial charge in [0.25, 0.3) is 0 Å². The largest absolute Gasteiger partial charge is 0.467 e. The van der Waals surface area contributed by atoms with Crippen LogP contribution in [0.25, 0.3) is 0 Å². The van der Waals surface area contributed by atoms with Crippen LogP contribution in [0.5, 0.6) is 0 Å². The highest BCUT2D eigenvalue weighted by Gasteiger charge is 2.39. The van der Waals surface area contributed by atoms with Gasteiger partial charge in [0.05, 0.1) is 7.11 Å². The molecule has 18 heavy (non-hydrogen) atoms. The zero-order valence-corrected chi connectivity index (χ0v) is 11.9. The lowest BCUT2D eigenvalue weighted by atomic mass is 9.91. The fourth-order valence-electron chi connectivity index (χ4n) is 2.19. The van der Waals surface area contributed by atoms with Crippen molar-refractivity contribution in [2.45, 2.75) is 52.2 Å². The maximum atomic E-state index is 12.1. The molecule has 0 bridgehead atoms. The third-order valence-electron chi connectivity index (χ3n) is 3.00. The second-order valence-corrected chi connectivity index (χ2v) is 5.76. The normalized spacial score (nSPS) is 24.6. The Balaban J connectivity index is 2.82. The number of hydrogen-bond acceptors (Lipinski definition) is 4. The zero-order chi connectivity index (χ0) is 13.9. The second-order valence-electron chi connectivity index (χ2n) is 5.76. The first kappa shape index (κ1) is 14.8. The molecule has 1 rings (SSSR count). The summed E-state index contributed by atoms with van der Waals surface area (Å²) in [5.74, 6) is -0.272. The Morgan fingerprint density at radius 2 is 1.89 bits per heavy atom. The molecule has 1 fully saturated rings. The van der Waals surface area contributed by atoms with Gasteiger partial charge in [-0.05, 0) is 39.5 Å². The molecule has 0 spiro atoms. The van der Waals surface area contributed by atoms with E-state index >= 15 is 0 Å². The van der Waals surface area contributed by atoms with E-state index in [1.807, 2.05) is 27.7 Å². The molecule has 0 N–H and O–H groups in total. The van der Waals surface area contributed by atoms with Gasteiger partial charge in [0, 0.05) is 6.54 Å². The summed E-state index contributed by atoms with van der Waals surface area (Å²) in [6.45, 7) is 7.93. The molecule has 0 aliphatic carbocycles. The quantitative estimate of drug-likeness (QED) is 0.676. The molecule has 0 aromatic heterocycles. The van der Waals surface area contributed by atoms with Crippen LogP contribution in [0.2, 0.25) is 0 Å². The van der Waals surface area contributed by atoms with E-state index in [4.69, 9.17) is 9.47 Å². The van der Waals surface area contributed by atoms with Crippen molar-refractivity contribution in [3.63, 3.8) is 0 Å². The van der Waals surface area contributed by atoms with E-state index in [1.54, 1.807) is 0 Å². The predicted molar refractivity (Wildman–Crippen MR) is 67.1 cm³/mol. The van der Waals surface area contributed by atoms with E-state index in [2.05, 4.69) is 0 Å². The van der Waals surface area contributed by atoms with Crippen molar-refractivity contribution < 1.29 is 19.1 Å². The molecular formula is C13H23NO4. The topological polar surface area (TPSA) is 55.8 Å². The maximum Gasteiger partial charge on any atom is 0.411 e. The summed E-state index contributed by atoms with van der Waals surface area (Å²) in [4.78, 5) is 25.4. The summed E-state index contributed by atoms with van der Waals surface area (Å²) in [6.07, 6.45) is 1.36. The van der Waals surface area contributed by atoms with Crippen LogP contribution in [0.4, 0.5) is 4.79 Å². The van der Waals surface area contributed by atoms with Crippen LogP contribution >= 0.6 is 0 Å². The fourth-order valence-corrected chi connectivity index (χ4v) is 2.19. The van der Waals surface area contributed by atoms with Gasteiger partial charge in [-0.2, -0.15) is 0 Å². The molecule has 1 aliphatic rings. The van der Waals surface area contributed by atoms with Crippen LogP contribution in [-0.2, 0) is 14.3 Å². The van der Waals surface area contributed by atoms with E-state index in [-0.39, 0.29) is 11.9 Å². The smallest absolute Gasteiger partial charge is 0.411 e. The lowest BCUT2D eigenvalue weighted by molar-refractivity contribution is -0.150. The van der Waals surface area contributed by atoms with E-state index in [1.165, 1.54) is 12.0 Å². The van der Waals surface area contributed by atoms with Crippen LogP contribution in [0.3, 0.4) is 0 Å². The summed E-state index contributed by atoms with van der Waals surface area (Å²) >= 11 is 0. The Kier molecular flexibility index (Phi) is 4.59. The highest BCUT2D eigenvalue weighted by Crippen LogP contribution is 2.26. The van der Waals surface area contributed by atoms with E-state index in [0.717, 1.165) is 12.8 Å². The van der Waals surface area contributed by atoms with Gasteiger partial charge in [-0.1, -0.05) is 6.92 Å². The molecule has 2 atom stereocenters. The Morgan fingerprint density at radius 1 is 1.28 bits per heavy atom. The molecule has 5 heteroatoms. The van der Waals surface area contributed by atoms with E-state index in [9.17, 15) is 9.59 Å². The van der Waals surface area contributed by atoms with E-state index < -0.39 is 17.7 Å². The molecule has 0 saturated carbocycles. The number of amides is 1. The minimum Gasteiger partial charge on any atom is -0.467 e. The SMILES string of the molecule is COC(=O)C1C(C)CCCN1C(=O)OC(C)(C)C. The number of methoxy groups -OCH3 is 1. The fraction of sp³-hybridized carbons (Fsp3) is 0.846. The third-order valence-corrected chi connectivity index (χ3v) is 3.00. The monoisotopic (exact) mass is 257 g/mol. The van der Waals surface area contributed by atoms with Crippen LogP contribution in [0.15, 0.2) is 0 Å². The third kappa shape index (κ3) is 3.62. The molecule has 5 nitrogen and oxygen atoms in total. The summed E-state index contributed by atoms with van der Waals surface area (Å²) in [6, 6.07) is -0.529. The predicted octanol–water partition coefficient (Wildman–Crippen LogP) is 2.20. The summed E-state index contributed by atoms with van der Waals surface area (Å²) in [5.41, 5.74) is -0.557. The van der Waals surface area contributed by atoms with Crippen LogP contribution in [-0.4, -0.2) is 42.3 Å². The van der Waals surface area contributed by atoms with Gasteiger partial charge >= 0.3 is 12.1 Å². The minimum atomic E-state index is -0.557. The van der Waals surface area contributed by atoms with Gasteiger partial charge < -0.3 is 9.47 Å². The number of carbonyl (C=O) groups excluding carboxylic acids is 2. The lowest BCUT2D eigenvalue weighted by Crippen LogP contribution is -2.53. The average Bonchev–Trinajstić information content (AvgIpc) is 2.25. The molecule has 0 aromatic rings. The molecule has 1 saturated heterocycles. The van der Waals surface area contributed by atoms with Crippen molar-refractivity contribution in [1.82, 2.24) is 4.90 Å². The van der Waals surface area contributed by atoms with Crippen molar-refractivity contribution in [2.75, 3.05) is 13.7 Å². The van der Waals surface area contributed by atoms with Crippen molar-refractivity contribution in [3.8, 4) is 0 Å². The molecule has 1 heterocycles. The molecule has 0 aromatic carbocycles. The molecule has 104 valence electrons. The van der Waals surface area contributed by atoms with Gasteiger partial charge in [0.1, 0.15) is 11.6 Å². The number of piperidine rings is 1. The van der Waals surface area contributed by atoms with Crippen molar-refractivity contribution >= 4 is 12.1 Å².